The van der Waals surface area contributed by atoms with Gasteiger partial charge in [0.2, 0.25) is 0 Å². The molecule has 1 heterocycles. The Hall–Kier alpha value is -0.540. The Morgan fingerprint density at radius 2 is 1.89 bits per heavy atom. The summed E-state index contributed by atoms with van der Waals surface area (Å²) in [6.07, 6.45) is 2.00. The number of aryl methyl sites for hydroxylation is 1. The van der Waals surface area contributed by atoms with Crippen molar-refractivity contribution in [3.63, 3.8) is 0 Å². The normalized spacial score (nSPS) is 13.9. The SMILES string of the molecule is Cc1cc(CNC(C)(C)C)cnc1SC(C)C(C)C. The number of hydrogen-bond acceptors (Lipinski definition) is 3. The van der Waals surface area contributed by atoms with Gasteiger partial charge in [0.15, 0.2) is 0 Å². The van der Waals surface area contributed by atoms with E-state index in [0.29, 0.717) is 11.2 Å². The third kappa shape index (κ3) is 5.96. The highest BCUT2D eigenvalue weighted by Crippen LogP contribution is 2.28. The van der Waals surface area contributed by atoms with Crippen LogP contribution in [-0.2, 0) is 6.54 Å². The fraction of sp³-hybridized carbons (Fsp3) is 0.688. The lowest BCUT2D eigenvalue weighted by molar-refractivity contribution is 0.424. The van der Waals surface area contributed by atoms with Crippen LogP contribution in [0.3, 0.4) is 0 Å². The third-order valence-corrected chi connectivity index (χ3v) is 4.71. The van der Waals surface area contributed by atoms with Gasteiger partial charge in [-0.1, -0.05) is 26.8 Å². The van der Waals surface area contributed by atoms with Crippen LogP contribution in [0.4, 0.5) is 0 Å². The van der Waals surface area contributed by atoms with E-state index in [0.717, 1.165) is 6.54 Å². The highest BCUT2D eigenvalue weighted by atomic mass is 32.2. The van der Waals surface area contributed by atoms with E-state index < -0.39 is 0 Å². The smallest absolute Gasteiger partial charge is 0.0991 e. The fourth-order valence-electron chi connectivity index (χ4n) is 1.52. The molecule has 0 aliphatic carbocycles. The second-order valence-electron chi connectivity index (χ2n) is 6.64. The van der Waals surface area contributed by atoms with Gasteiger partial charge in [0.25, 0.3) is 0 Å². The molecule has 0 radical (unpaired) electrons. The molecule has 19 heavy (non-hydrogen) atoms. The van der Waals surface area contributed by atoms with Crippen molar-refractivity contribution < 1.29 is 0 Å². The van der Waals surface area contributed by atoms with Crippen LogP contribution in [0.1, 0.15) is 52.7 Å². The first-order valence-electron chi connectivity index (χ1n) is 7.06. The van der Waals surface area contributed by atoms with E-state index in [-0.39, 0.29) is 5.54 Å². The molecule has 0 aromatic carbocycles. The predicted molar refractivity (Wildman–Crippen MR) is 85.7 cm³/mol. The summed E-state index contributed by atoms with van der Waals surface area (Å²) in [6, 6.07) is 2.25. The number of thioether (sulfide) groups is 1. The van der Waals surface area contributed by atoms with Crippen molar-refractivity contribution in [3.05, 3.63) is 23.4 Å². The van der Waals surface area contributed by atoms with E-state index in [1.165, 1.54) is 16.2 Å². The highest BCUT2D eigenvalue weighted by molar-refractivity contribution is 7.99. The van der Waals surface area contributed by atoms with Crippen molar-refractivity contribution >= 4 is 11.8 Å². The molecule has 1 aromatic heterocycles. The Labute approximate surface area is 122 Å². The van der Waals surface area contributed by atoms with Crippen molar-refractivity contribution in [3.8, 4) is 0 Å². The third-order valence-electron chi connectivity index (χ3n) is 3.15. The molecule has 108 valence electrons. The molecule has 0 spiro atoms. The molecule has 1 unspecified atom stereocenters. The topological polar surface area (TPSA) is 24.9 Å². The Morgan fingerprint density at radius 3 is 2.37 bits per heavy atom. The lowest BCUT2D eigenvalue weighted by atomic mass is 10.1. The molecule has 1 rings (SSSR count). The fourth-order valence-corrected chi connectivity index (χ4v) is 2.50. The van der Waals surface area contributed by atoms with Gasteiger partial charge in [-0.3, -0.25) is 0 Å². The second kappa shape index (κ2) is 6.76. The summed E-state index contributed by atoms with van der Waals surface area (Å²) in [7, 11) is 0. The predicted octanol–water partition coefficient (Wildman–Crippen LogP) is 4.41. The van der Waals surface area contributed by atoms with Crippen molar-refractivity contribution in [2.24, 2.45) is 5.92 Å². The molecule has 1 N–H and O–H groups in total. The molecule has 1 atom stereocenters. The van der Waals surface area contributed by atoms with E-state index in [1.54, 1.807) is 0 Å². The summed E-state index contributed by atoms with van der Waals surface area (Å²) >= 11 is 1.88. The number of nitrogens with zero attached hydrogens (tertiary/aromatic N) is 1. The molecule has 0 aliphatic heterocycles. The summed E-state index contributed by atoms with van der Waals surface area (Å²) in [5.74, 6) is 0.674. The first kappa shape index (κ1) is 16.5. The number of aromatic nitrogens is 1. The van der Waals surface area contributed by atoms with Crippen molar-refractivity contribution in [2.45, 2.75) is 70.8 Å². The van der Waals surface area contributed by atoms with Crippen LogP contribution >= 0.6 is 11.8 Å². The number of pyridine rings is 1. The molecule has 0 saturated heterocycles. The first-order chi connectivity index (χ1) is 8.69. The van der Waals surface area contributed by atoms with E-state index in [1.807, 2.05) is 18.0 Å². The first-order valence-corrected chi connectivity index (χ1v) is 7.94. The van der Waals surface area contributed by atoms with Crippen LogP contribution in [0.15, 0.2) is 17.3 Å². The zero-order valence-electron chi connectivity index (χ0n) is 13.4. The summed E-state index contributed by atoms with van der Waals surface area (Å²) in [6.45, 7) is 16.4. The van der Waals surface area contributed by atoms with E-state index in [4.69, 9.17) is 0 Å². The molecule has 0 aliphatic rings. The number of hydrogen-bond donors (Lipinski definition) is 1. The Kier molecular flexibility index (Phi) is 5.87. The van der Waals surface area contributed by atoms with E-state index >= 15 is 0 Å². The zero-order valence-corrected chi connectivity index (χ0v) is 14.2. The zero-order chi connectivity index (χ0) is 14.6. The van der Waals surface area contributed by atoms with Crippen LogP contribution < -0.4 is 5.32 Å². The van der Waals surface area contributed by atoms with Gasteiger partial charge in [-0.05, 0) is 44.7 Å². The van der Waals surface area contributed by atoms with Gasteiger partial charge in [0.1, 0.15) is 0 Å². The molecule has 0 fully saturated rings. The lowest BCUT2D eigenvalue weighted by Gasteiger charge is -2.21. The van der Waals surface area contributed by atoms with Gasteiger partial charge in [-0.25, -0.2) is 4.98 Å². The monoisotopic (exact) mass is 280 g/mol. The Balaban J connectivity index is 2.69. The van der Waals surface area contributed by atoms with Crippen molar-refractivity contribution in [1.82, 2.24) is 10.3 Å². The summed E-state index contributed by atoms with van der Waals surface area (Å²) in [5.41, 5.74) is 2.69. The van der Waals surface area contributed by atoms with Gasteiger partial charge in [0, 0.05) is 23.5 Å². The number of rotatable bonds is 5. The van der Waals surface area contributed by atoms with Crippen molar-refractivity contribution in [1.29, 1.82) is 0 Å². The van der Waals surface area contributed by atoms with Gasteiger partial charge in [-0.2, -0.15) is 0 Å². The van der Waals surface area contributed by atoms with Crippen LogP contribution in [0.25, 0.3) is 0 Å². The van der Waals surface area contributed by atoms with Gasteiger partial charge in [0.05, 0.1) is 5.03 Å². The average Bonchev–Trinajstić information content (AvgIpc) is 2.28. The second-order valence-corrected chi connectivity index (χ2v) is 8.00. The Morgan fingerprint density at radius 1 is 1.26 bits per heavy atom. The molecule has 3 heteroatoms. The molecular formula is C16H28N2S. The van der Waals surface area contributed by atoms with Crippen LogP contribution in [0.5, 0.6) is 0 Å². The molecule has 0 bridgehead atoms. The molecule has 2 nitrogen and oxygen atoms in total. The van der Waals surface area contributed by atoms with Gasteiger partial charge < -0.3 is 5.32 Å². The van der Waals surface area contributed by atoms with E-state index in [9.17, 15) is 0 Å². The minimum absolute atomic E-state index is 0.146. The van der Waals surface area contributed by atoms with Crippen molar-refractivity contribution in [2.75, 3.05) is 0 Å². The average molecular weight is 280 g/mol. The van der Waals surface area contributed by atoms with E-state index in [2.05, 4.69) is 64.8 Å². The van der Waals surface area contributed by atoms with Gasteiger partial charge in [-0.15, -0.1) is 11.8 Å². The summed E-state index contributed by atoms with van der Waals surface area (Å²) < 4.78 is 0. The van der Waals surface area contributed by atoms with Gasteiger partial charge >= 0.3 is 0 Å². The largest absolute Gasteiger partial charge is 0.308 e. The Bertz CT molecular complexity index is 408. The maximum absolute atomic E-state index is 4.62. The minimum Gasteiger partial charge on any atom is -0.308 e. The summed E-state index contributed by atoms with van der Waals surface area (Å²) in [4.78, 5) is 4.62. The molecule has 0 amide bonds. The standard InChI is InChI=1S/C16H28N2S/c1-11(2)13(4)19-15-12(3)8-14(9-17-15)10-18-16(5,6)7/h8-9,11,13,18H,10H2,1-7H3. The molecule has 1 aromatic rings. The maximum Gasteiger partial charge on any atom is 0.0991 e. The molecular weight excluding hydrogens is 252 g/mol. The molecule has 0 saturated carbocycles. The lowest BCUT2D eigenvalue weighted by Crippen LogP contribution is -2.35. The summed E-state index contributed by atoms with van der Waals surface area (Å²) in [5, 5.41) is 5.27. The van der Waals surface area contributed by atoms with Crippen LogP contribution in [0, 0.1) is 12.8 Å². The highest BCUT2D eigenvalue weighted by Gasteiger charge is 2.13. The van der Waals surface area contributed by atoms with Crippen LogP contribution in [-0.4, -0.2) is 15.8 Å². The quantitative estimate of drug-likeness (QED) is 0.808. The number of nitrogens with one attached hydrogen (secondary N) is 1. The van der Waals surface area contributed by atoms with Crippen LogP contribution in [0.2, 0.25) is 0 Å². The minimum atomic E-state index is 0.146. The maximum atomic E-state index is 4.62.